The number of amides is 1. The van der Waals surface area contributed by atoms with Crippen molar-refractivity contribution in [1.29, 1.82) is 0 Å². The van der Waals surface area contributed by atoms with Crippen LogP contribution in [0, 0.1) is 0 Å². The molecule has 1 amide bonds. The van der Waals surface area contributed by atoms with E-state index in [9.17, 15) is 19.8 Å². The maximum Gasteiger partial charge on any atom is 0.305 e. The molecule has 0 rings (SSSR count). The Morgan fingerprint density at radius 3 is 1.04 bits per heavy atom. The number of ether oxygens (including phenoxy) is 1. The molecule has 0 bridgehead atoms. The van der Waals surface area contributed by atoms with Gasteiger partial charge in [0.05, 0.1) is 25.4 Å². The van der Waals surface area contributed by atoms with Crippen LogP contribution in [0.4, 0.5) is 0 Å². The van der Waals surface area contributed by atoms with Crippen LogP contribution in [-0.2, 0) is 14.3 Å². The third-order valence-corrected chi connectivity index (χ3v) is 15.7. The van der Waals surface area contributed by atoms with Crippen molar-refractivity contribution in [1.82, 2.24) is 5.32 Å². The lowest BCUT2D eigenvalue weighted by molar-refractivity contribution is -0.143. The molecule has 0 aliphatic rings. The summed E-state index contributed by atoms with van der Waals surface area (Å²) in [7, 11) is 0. The number of hydrogen-bond acceptors (Lipinski definition) is 5. The topological polar surface area (TPSA) is 95.9 Å². The molecule has 0 fully saturated rings. The molecule has 0 aliphatic carbocycles. The van der Waals surface area contributed by atoms with E-state index < -0.39 is 12.1 Å². The van der Waals surface area contributed by atoms with Gasteiger partial charge in [-0.25, -0.2) is 0 Å². The number of aliphatic hydroxyl groups is 2. The molecule has 75 heavy (non-hydrogen) atoms. The van der Waals surface area contributed by atoms with Crippen LogP contribution in [0.25, 0.3) is 0 Å². The summed E-state index contributed by atoms with van der Waals surface area (Å²) in [5.74, 6) is -0.0628. The lowest BCUT2D eigenvalue weighted by atomic mass is 10.0. The predicted octanol–water partition coefficient (Wildman–Crippen LogP) is 21.5. The molecule has 0 aliphatic heterocycles. The Morgan fingerprint density at radius 1 is 0.373 bits per heavy atom. The van der Waals surface area contributed by atoms with E-state index in [1.807, 2.05) is 6.08 Å². The van der Waals surface area contributed by atoms with Crippen molar-refractivity contribution in [2.45, 2.75) is 379 Å². The van der Waals surface area contributed by atoms with Crippen LogP contribution < -0.4 is 5.32 Å². The zero-order valence-electron chi connectivity index (χ0n) is 50.5. The van der Waals surface area contributed by atoms with Crippen LogP contribution in [0.2, 0.25) is 0 Å². The Morgan fingerprint density at radius 2 is 0.667 bits per heavy atom. The van der Waals surface area contributed by atoms with Crippen molar-refractivity contribution in [3.8, 4) is 0 Å². The largest absolute Gasteiger partial charge is 0.466 e. The normalized spacial score (nSPS) is 12.7. The number of unbranched alkanes of at least 4 members (excludes halogenated alkanes) is 48. The van der Waals surface area contributed by atoms with Crippen molar-refractivity contribution >= 4 is 11.9 Å². The molecule has 0 aromatic heterocycles. The molecular weight excluding hydrogens is 923 g/mol. The van der Waals surface area contributed by atoms with Gasteiger partial charge in [-0.05, 0) is 64.2 Å². The van der Waals surface area contributed by atoms with Gasteiger partial charge in [-0.2, -0.15) is 0 Å². The van der Waals surface area contributed by atoms with Gasteiger partial charge in [-0.1, -0.05) is 326 Å². The van der Waals surface area contributed by atoms with Crippen LogP contribution in [0.3, 0.4) is 0 Å². The first-order valence-electron chi connectivity index (χ1n) is 33.8. The highest BCUT2D eigenvalue weighted by atomic mass is 16.5. The van der Waals surface area contributed by atoms with E-state index in [0.717, 1.165) is 51.4 Å². The molecule has 2 unspecified atom stereocenters. The Hall–Kier alpha value is -1.92. The van der Waals surface area contributed by atoms with Crippen LogP contribution in [0.15, 0.2) is 36.5 Å². The lowest BCUT2D eigenvalue weighted by Crippen LogP contribution is -2.45. The fourth-order valence-electron chi connectivity index (χ4n) is 10.5. The Labute approximate surface area is 468 Å². The first kappa shape index (κ1) is 73.1. The standard InChI is InChI=1S/C69H131NO5/c1-3-5-7-9-11-13-15-17-19-20-27-30-34-37-41-45-49-53-57-61-67(72)66(65-71)70-68(73)62-58-54-50-46-42-38-35-31-28-25-23-21-22-24-26-29-32-36-40-44-48-52-56-60-64-75-69(74)63-59-55-51-47-43-39-33-18-16-14-12-10-8-6-4-2/h12,14,18,33,57,61,66-67,71-72H,3-11,13,15-17,19-32,34-56,58-60,62-65H2,1-2H3,(H,70,73)/b14-12-,33-18-,61-57+. The molecule has 0 radical (unpaired) electrons. The van der Waals surface area contributed by atoms with Crippen molar-refractivity contribution in [2.24, 2.45) is 0 Å². The van der Waals surface area contributed by atoms with Gasteiger partial charge in [0, 0.05) is 12.8 Å². The summed E-state index contributed by atoms with van der Waals surface area (Å²) >= 11 is 0. The molecular formula is C69H131NO5. The SMILES string of the molecule is CCCCC/C=C\C/C=C\CCCCCCCC(=O)OCCCCCCCCCCCCCCCCCCCCCCCCCCC(=O)NC(CO)C(O)/C=C/CCCCCCCCCCCCCCCCCCC. The van der Waals surface area contributed by atoms with Gasteiger partial charge >= 0.3 is 5.97 Å². The summed E-state index contributed by atoms with van der Waals surface area (Å²) in [5.41, 5.74) is 0. The average molecular weight is 1050 g/mol. The molecule has 3 N–H and O–H groups in total. The minimum absolute atomic E-state index is 0.00128. The third-order valence-electron chi connectivity index (χ3n) is 15.7. The molecule has 0 spiro atoms. The molecule has 442 valence electrons. The highest BCUT2D eigenvalue weighted by Crippen LogP contribution is 2.18. The quantitative estimate of drug-likeness (QED) is 0.0320. The minimum atomic E-state index is -0.845. The maximum absolute atomic E-state index is 12.5. The summed E-state index contributed by atoms with van der Waals surface area (Å²) in [4.78, 5) is 24.6. The number of aliphatic hydroxyl groups excluding tert-OH is 2. The number of nitrogens with one attached hydrogen (secondary N) is 1. The molecule has 2 atom stereocenters. The van der Waals surface area contributed by atoms with Crippen LogP contribution in [0.1, 0.15) is 367 Å². The summed E-state index contributed by atoms with van der Waals surface area (Å²) in [6, 6.07) is -0.628. The van der Waals surface area contributed by atoms with Gasteiger partial charge < -0.3 is 20.3 Å². The Bertz CT molecular complexity index is 1210. The molecule has 0 aromatic carbocycles. The second kappa shape index (κ2) is 64.6. The van der Waals surface area contributed by atoms with Crippen molar-refractivity contribution in [2.75, 3.05) is 13.2 Å². The van der Waals surface area contributed by atoms with Gasteiger partial charge in [0.25, 0.3) is 0 Å². The molecule has 0 saturated heterocycles. The van der Waals surface area contributed by atoms with Crippen molar-refractivity contribution < 1.29 is 24.5 Å². The molecule has 0 heterocycles. The van der Waals surface area contributed by atoms with Crippen LogP contribution >= 0.6 is 0 Å². The van der Waals surface area contributed by atoms with E-state index in [-0.39, 0.29) is 18.5 Å². The number of allylic oxidation sites excluding steroid dienone is 5. The van der Waals surface area contributed by atoms with E-state index in [2.05, 4.69) is 43.5 Å². The van der Waals surface area contributed by atoms with Crippen molar-refractivity contribution in [3.63, 3.8) is 0 Å². The van der Waals surface area contributed by atoms with Crippen molar-refractivity contribution in [3.05, 3.63) is 36.5 Å². The zero-order valence-corrected chi connectivity index (χ0v) is 50.5. The van der Waals surface area contributed by atoms with Gasteiger partial charge in [-0.15, -0.1) is 0 Å². The van der Waals surface area contributed by atoms with Gasteiger partial charge in [0.1, 0.15) is 0 Å². The zero-order chi connectivity index (χ0) is 54.3. The summed E-state index contributed by atoms with van der Waals surface area (Å²) in [5, 5.41) is 23.2. The van der Waals surface area contributed by atoms with E-state index in [4.69, 9.17) is 4.74 Å². The van der Waals surface area contributed by atoms with E-state index >= 15 is 0 Å². The molecule has 0 aromatic rings. The van der Waals surface area contributed by atoms with Crippen LogP contribution in [0.5, 0.6) is 0 Å². The minimum Gasteiger partial charge on any atom is -0.466 e. The number of rotatable bonds is 63. The number of hydrogen-bond donors (Lipinski definition) is 3. The van der Waals surface area contributed by atoms with E-state index in [0.29, 0.717) is 19.4 Å². The molecule has 6 nitrogen and oxygen atoms in total. The van der Waals surface area contributed by atoms with Gasteiger partial charge in [-0.3, -0.25) is 9.59 Å². The first-order chi connectivity index (χ1) is 37.0. The second-order valence-electron chi connectivity index (χ2n) is 23.2. The number of esters is 1. The maximum atomic E-state index is 12.5. The summed E-state index contributed by atoms with van der Waals surface area (Å²) in [6.07, 6.45) is 82.0. The Kier molecular flexibility index (Phi) is 63.0. The van der Waals surface area contributed by atoms with Crippen LogP contribution in [-0.4, -0.2) is 47.4 Å². The average Bonchev–Trinajstić information content (AvgIpc) is 3.41. The van der Waals surface area contributed by atoms with Gasteiger partial charge in [0.15, 0.2) is 0 Å². The van der Waals surface area contributed by atoms with Gasteiger partial charge in [0.2, 0.25) is 5.91 Å². The summed E-state index contributed by atoms with van der Waals surface area (Å²) in [6.45, 7) is 4.90. The summed E-state index contributed by atoms with van der Waals surface area (Å²) < 4.78 is 5.48. The predicted molar refractivity (Wildman–Crippen MR) is 329 cm³/mol. The fourth-order valence-corrected chi connectivity index (χ4v) is 10.5. The monoisotopic (exact) mass is 1050 g/mol. The number of carbonyl (C=O) groups excluding carboxylic acids is 2. The third kappa shape index (κ3) is 61.2. The van der Waals surface area contributed by atoms with E-state index in [1.165, 1.54) is 289 Å². The fraction of sp³-hybridized carbons (Fsp3) is 0.884. The second-order valence-corrected chi connectivity index (χ2v) is 23.2. The first-order valence-corrected chi connectivity index (χ1v) is 33.8. The smallest absolute Gasteiger partial charge is 0.305 e. The molecule has 6 heteroatoms. The highest BCUT2D eigenvalue weighted by Gasteiger charge is 2.18. The van der Waals surface area contributed by atoms with E-state index in [1.54, 1.807) is 6.08 Å². The highest BCUT2D eigenvalue weighted by molar-refractivity contribution is 5.76. The molecule has 0 saturated carbocycles. The Balaban J connectivity index is 3.40. The number of carbonyl (C=O) groups is 2. The lowest BCUT2D eigenvalue weighted by Gasteiger charge is -2.20.